The summed E-state index contributed by atoms with van der Waals surface area (Å²) in [5.41, 5.74) is 5.59. The zero-order valence-corrected chi connectivity index (χ0v) is 11.3. The average Bonchev–Trinajstić information content (AvgIpc) is 2.80. The van der Waals surface area contributed by atoms with Crippen molar-refractivity contribution in [1.82, 2.24) is 4.90 Å². The lowest BCUT2D eigenvalue weighted by Crippen LogP contribution is -2.39. The summed E-state index contributed by atoms with van der Waals surface area (Å²) in [7, 11) is 2.20. The molecule has 17 heavy (non-hydrogen) atoms. The van der Waals surface area contributed by atoms with Crippen LogP contribution >= 0.6 is 11.3 Å². The van der Waals surface area contributed by atoms with Gasteiger partial charge in [0.1, 0.15) is 0 Å². The van der Waals surface area contributed by atoms with E-state index in [0.717, 1.165) is 13.2 Å². The highest BCUT2D eigenvalue weighted by atomic mass is 32.1. The van der Waals surface area contributed by atoms with Crippen molar-refractivity contribution in [3.63, 3.8) is 0 Å². The van der Waals surface area contributed by atoms with E-state index >= 15 is 0 Å². The van der Waals surface area contributed by atoms with Crippen molar-refractivity contribution < 1.29 is 4.74 Å². The lowest BCUT2D eigenvalue weighted by molar-refractivity contribution is 0.0455. The van der Waals surface area contributed by atoms with Gasteiger partial charge in [0, 0.05) is 22.3 Å². The van der Waals surface area contributed by atoms with Crippen LogP contribution in [0.25, 0.3) is 0 Å². The minimum Gasteiger partial charge on any atom is -0.374 e. The van der Waals surface area contributed by atoms with E-state index in [0.29, 0.717) is 12.6 Å². The highest BCUT2D eigenvalue weighted by molar-refractivity contribution is 7.11. The van der Waals surface area contributed by atoms with Gasteiger partial charge in [-0.3, -0.25) is 0 Å². The van der Waals surface area contributed by atoms with E-state index in [1.54, 1.807) is 11.3 Å². The maximum absolute atomic E-state index is 5.82. The van der Waals surface area contributed by atoms with Crippen molar-refractivity contribution in [2.24, 2.45) is 5.73 Å². The molecule has 1 atom stereocenters. The Labute approximate surface area is 108 Å². The van der Waals surface area contributed by atoms with E-state index in [1.165, 1.54) is 35.6 Å². The fourth-order valence-corrected chi connectivity index (χ4v) is 3.09. The van der Waals surface area contributed by atoms with Gasteiger partial charge in [0.15, 0.2) is 0 Å². The number of piperidine rings is 1. The third-order valence-electron chi connectivity index (χ3n) is 3.39. The molecule has 2 N–H and O–H groups in total. The van der Waals surface area contributed by atoms with Crippen molar-refractivity contribution >= 4 is 11.3 Å². The van der Waals surface area contributed by atoms with Crippen LogP contribution in [0.5, 0.6) is 0 Å². The van der Waals surface area contributed by atoms with Gasteiger partial charge < -0.3 is 15.4 Å². The molecule has 0 saturated carbocycles. The molecule has 1 unspecified atom stereocenters. The number of ether oxygens (including phenoxy) is 1. The van der Waals surface area contributed by atoms with E-state index < -0.39 is 0 Å². The topological polar surface area (TPSA) is 38.5 Å². The molecule has 2 heterocycles. The first kappa shape index (κ1) is 13.0. The molecule has 0 amide bonds. The van der Waals surface area contributed by atoms with Crippen LogP contribution in [0, 0.1) is 0 Å². The van der Waals surface area contributed by atoms with Crippen molar-refractivity contribution in [3.8, 4) is 0 Å². The molecule has 96 valence electrons. The molecular formula is C13H22N2OS. The molecule has 1 fully saturated rings. The number of nitrogens with zero attached hydrogens (tertiary/aromatic N) is 1. The van der Waals surface area contributed by atoms with Crippen molar-refractivity contribution in [2.45, 2.75) is 38.5 Å². The molecule has 0 aliphatic carbocycles. The summed E-state index contributed by atoms with van der Waals surface area (Å²) in [6.45, 7) is 3.43. The van der Waals surface area contributed by atoms with Crippen LogP contribution < -0.4 is 5.73 Å². The van der Waals surface area contributed by atoms with Crippen LogP contribution in [-0.4, -0.2) is 31.1 Å². The third kappa shape index (κ3) is 3.78. The summed E-state index contributed by atoms with van der Waals surface area (Å²) < 4.78 is 5.82. The van der Waals surface area contributed by atoms with Gasteiger partial charge in [-0.25, -0.2) is 0 Å². The van der Waals surface area contributed by atoms with Crippen molar-refractivity contribution in [3.05, 3.63) is 21.9 Å². The predicted molar refractivity (Wildman–Crippen MR) is 72.1 cm³/mol. The van der Waals surface area contributed by atoms with Gasteiger partial charge in [0.05, 0.1) is 13.2 Å². The molecule has 1 aromatic rings. The SMILES string of the molecule is CN1CCCCC1COCc1ccc(CN)s1. The van der Waals surface area contributed by atoms with Gasteiger partial charge in [-0.2, -0.15) is 0 Å². The van der Waals surface area contributed by atoms with Crippen molar-refractivity contribution in [2.75, 3.05) is 20.2 Å². The van der Waals surface area contributed by atoms with E-state index in [-0.39, 0.29) is 0 Å². The van der Waals surface area contributed by atoms with E-state index in [1.807, 2.05) is 0 Å². The molecule has 1 aromatic heterocycles. The van der Waals surface area contributed by atoms with Crippen LogP contribution in [0.3, 0.4) is 0 Å². The first-order valence-corrected chi connectivity index (χ1v) is 7.17. The summed E-state index contributed by atoms with van der Waals surface area (Å²) in [5, 5.41) is 0. The van der Waals surface area contributed by atoms with Gasteiger partial charge in [0.2, 0.25) is 0 Å². The lowest BCUT2D eigenvalue weighted by atomic mass is 10.0. The first-order chi connectivity index (χ1) is 8.29. The van der Waals surface area contributed by atoms with Crippen molar-refractivity contribution in [1.29, 1.82) is 0 Å². The van der Waals surface area contributed by atoms with Gasteiger partial charge in [-0.15, -0.1) is 11.3 Å². The van der Waals surface area contributed by atoms with Gasteiger partial charge in [0.25, 0.3) is 0 Å². The van der Waals surface area contributed by atoms with Crippen LogP contribution in [0.4, 0.5) is 0 Å². The van der Waals surface area contributed by atoms with Crippen LogP contribution in [-0.2, 0) is 17.9 Å². The second kappa shape index (κ2) is 6.50. The number of thiophene rings is 1. The van der Waals surface area contributed by atoms with Crippen LogP contribution in [0.1, 0.15) is 29.0 Å². The summed E-state index contributed by atoms with van der Waals surface area (Å²) in [6.07, 6.45) is 3.95. The van der Waals surface area contributed by atoms with E-state index in [4.69, 9.17) is 10.5 Å². The predicted octanol–water partition coefficient (Wildman–Crippen LogP) is 2.21. The number of rotatable bonds is 5. The quantitative estimate of drug-likeness (QED) is 0.875. The molecule has 0 radical (unpaired) electrons. The molecule has 0 aromatic carbocycles. The first-order valence-electron chi connectivity index (χ1n) is 6.35. The molecule has 1 aliphatic heterocycles. The van der Waals surface area contributed by atoms with Gasteiger partial charge >= 0.3 is 0 Å². The van der Waals surface area contributed by atoms with E-state index in [9.17, 15) is 0 Å². The minimum absolute atomic E-state index is 0.609. The van der Waals surface area contributed by atoms with E-state index in [2.05, 4.69) is 24.1 Å². The Hall–Kier alpha value is -0.420. The molecule has 3 nitrogen and oxygen atoms in total. The number of likely N-dealkylation sites (tertiary alicyclic amines) is 1. The molecule has 0 bridgehead atoms. The highest BCUT2D eigenvalue weighted by Gasteiger charge is 2.18. The van der Waals surface area contributed by atoms with Gasteiger partial charge in [-0.1, -0.05) is 6.42 Å². The second-order valence-electron chi connectivity index (χ2n) is 4.72. The molecule has 4 heteroatoms. The van der Waals surface area contributed by atoms with Crippen LogP contribution in [0.15, 0.2) is 12.1 Å². The minimum atomic E-state index is 0.609. The fraction of sp³-hybridized carbons (Fsp3) is 0.692. The third-order valence-corrected chi connectivity index (χ3v) is 4.48. The maximum Gasteiger partial charge on any atom is 0.0810 e. The monoisotopic (exact) mass is 254 g/mol. The smallest absolute Gasteiger partial charge is 0.0810 e. The molecule has 1 saturated heterocycles. The Morgan fingerprint density at radius 1 is 1.41 bits per heavy atom. The molecular weight excluding hydrogens is 232 g/mol. The Kier molecular flexibility index (Phi) is 4.98. The average molecular weight is 254 g/mol. The summed E-state index contributed by atoms with van der Waals surface area (Å²) >= 11 is 1.76. The largest absolute Gasteiger partial charge is 0.374 e. The number of hydrogen-bond acceptors (Lipinski definition) is 4. The highest BCUT2D eigenvalue weighted by Crippen LogP contribution is 2.18. The molecule has 1 aliphatic rings. The maximum atomic E-state index is 5.82. The summed E-state index contributed by atoms with van der Waals surface area (Å²) in [6, 6.07) is 4.82. The number of hydrogen-bond donors (Lipinski definition) is 1. The number of nitrogens with two attached hydrogens (primary N) is 1. The molecule has 2 rings (SSSR count). The van der Waals surface area contributed by atoms with Crippen LogP contribution in [0.2, 0.25) is 0 Å². The van der Waals surface area contributed by atoms with Gasteiger partial charge in [-0.05, 0) is 38.6 Å². The second-order valence-corrected chi connectivity index (χ2v) is 5.97. The fourth-order valence-electron chi connectivity index (χ4n) is 2.26. The Balaban J connectivity index is 1.71. The molecule has 0 spiro atoms. The Morgan fingerprint density at radius 2 is 2.24 bits per heavy atom. The Morgan fingerprint density at radius 3 is 2.94 bits per heavy atom. The normalized spacial score (nSPS) is 21.9. The standard InChI is InChI=1S/C13H22N2OS/c1-15-7-3-2-4-11(15)9-16-10-13-6-5-12(8-14)17-13/h5-6,11H,2-4,7-10,14H2,1H3. The zero-order valence-electron chi connectivity index (χ0n) is 10.5. The lowest BCUT2D eigenvalue weighted by Gasteiger charge is -2.32. The Bertz CT molecular complexity index is 340. The summed E-state index contributed by atoms with van der Waals surface area (Å²) in [4.78, 5) is 4.94. The summed E-state index contributed by atoms with van der Waals surface area (Å²) in [5.74, 6) is 0. The zero-order chi connectivity index (χ0) is 12.1. The number of likely N-dealkylation sites (N-methyl/N-ethyl adjacent to an activating group) is 1.